The number of hydrogen-bond acceptors (Lipinski definition) is 27. The summed E-state index contributed by atoms with van der Waals surface area (Å²) in [4.78, 5) is 92.0. The Kier molecular flexibility index (Phi) is 57.5. The molecule has 0 aliphatic carbocycles. The molecule has 0 amide bonds. The van der Waals surface area contributed by atoms with Crippen LogP contribution in [0.4, 0.5) is 0 Å². The molecule has 0 atom stereocenters. The Balaban J connectivity index is 0.567. The Hall–Kier alpha value is -8.93. The molecule has 27 heteroatoms. The van der Waals surface area contributed by atoms with Gasteiger partial charge < -0.3 is 56.8 Å². The summed E-state index contributed by atoms with van der Waals surface area (Å²) >= 11 is 15.1. The van der Waals surface area contributed by atoms with E-state index in [0.29, 0.717) is 79.1 Å². The summed E-state index contributed by atoms with van der Waals surface area (Å²) in [5.41, 5.74) is 5.37. The second kappa shape index (κ2) is 70.8. The number of esters is 7. The lowest BCUT2D eigenvalue weighted by Gasteiger charge is -2.11. The molecule has 10 rings (SSSR count). The molecule has 0 fully saturated rings. The van der Waals surface area contributed by atoms with Crippen LogP contribution in [0.2, 0.25) is 0 Å². The lowest BCUT2D eigenvalue weighted by molar-refractivity contribution is -0.154. The Morgan fingerprint density at radius 1 is 0.222 bits per heavy atom. The number of carbonyl (C=O) groups excluding carboxylic acids is 7. The number of unbranched alkanes of at least 4 members (excludes halogenated alkanes) is 34. The minimum atomic E-state index is -0.683. The number of benzene rings is 8. The van der Waals surface area contributed by atoms with Gasteiger partial charge in [-0.15, -0.1) is 47.0 Å². The summed E-state index contributed by atoms with van der Waals surface area (Å²) in [5.74, 6) is 1.75. The van der Waals surface area contributed by atoms with Gasteiger partial charge in [-0.2, -0.15) is 0 Å². The van der Waals surface area contributed by atoms with Crippen molar-refractivity contribution in [3.8, 4) is 68.2 Å². The van der Waals surface area contributed by atoms with Crippen LogP contribution in [0.3, 0.4) is 0 Å². The van der Waals surface area contributed by atoms with Crippen molar-refractivity contribution in [1.82, 2.24) is 0 Å². The summed E-state index contributed by atoms with van der Waals surface area (Å²) in [6.45, 7) is 8.50. The van der Waals surface area contributed by atoms with Crippen molar-refractivity contribution in [3.05, 3.63) is 241 Å². The highest BCUT2D eigenvalue weighted by Gasteiger charge is 2.31. The molecule has 2 aliphatic rings. The van der Waals surface area contributed by atoms with E-state index >= 15 is 0 Å². The van der Waals surface area contributed by atoms with Crippen LogP contribution in [-0.4, -0.2) is 126 Å². The highest BCUT2D eigenvalue weighted by molar-refractivity contribution is 8.45. The van der Waals surface area contributed by atoms with Crippen molar-refractivity contribution >= 4 is 136 Å². The molecule has 0 spiro atoms. The van der Waals surface area contributed by atoms with Gasteiger partial charge in [-0.3, -0.25) is 9.59 Å². The molecule has 8 aromatic carbocycles. The van der Waals surface area contributed by atoms with Crippen LogP contribution in [0.15, 0.2) is 213 Å². The van der Waals surface area contributed by atoms with Crippen molar-refractivity contribution in [1.29, 1.82) is 0 Å². The van der Waals surface area contributed by atoms with E-state index in [1.54, 1.807) is 97.1 Å². The maximum atomic E-state index is 13.7. The van der Waals surface area contributed by atoms with Crippen molar-refractivity contribution in [2.24, 2.45) is 0 Å². The van der Waals surface area contributed by atoms with Gasteiger partial charge in [-0.05, 0) is 251 Å². The molecule has 19 nitrogen and oxygen atoms in total. The molecule has 0 N–H and O–H groups in total. The maximum Gasteiger partial charge on any atom is 0.343 e. The van der Waals surface area contributed by atoms with Gasteiger partial charge in [0, 0.05) is 0 Å². The molecule has 0 aromatic heterocycles. The van der Waals surface area contributed by atoms with Crippen LogP contribution in [0.5, 0.6) is 46.0 Å². The van der Waals surface area contributed by atoms with Crippen LogP contribution in [0.1, 0.15) is 329 Å². The third-order valence-corrected chi connectivity index (χ3v) is 35.4. The van der Waals surface area contributed by atoms with E-state index in [9.17, 15) is 33.6 Å². The summed E-state index contributed by atoms with van der Waals surface area (Å²) in [6.07, 6.45) is 47.6. The standard InChI is InChI=1S/C117H148O19S8/c1-6-8-10-12-26-36-74-125-97-60-46-88(47-61-97)90-50-70-102(71-51-90)134-109(122)92-54-64-99(65-55-92)127-76-39-29-21-15-18-24-32-43-81-132-107(120)95-84-96(108(121)133-82-44-33-25-19-16-22-30-40-77-128-100-66-56-93(57-67-100)110(123)135-103-72-52-91(53-73-103)89-48-62-98(63-49-89)126-75-37-27-13-11-9-7-2)86-104(85-95)136-111(124)94-58-68-101(69-59-94)129-78-38-28-20-14-17-23-31-41-79-130-105(118)87-106(119)131-80-42-34-35-45-83-140-115-114(139-5)143-117(144-115)116-141-112(137-3)113(138-4)142-116/h46-73,84-86H,6-45,74-83,87H2,1-5H3. The predicted octanol–water partition coefficient (Wildman–Crippen LogP) is 33.6. The highest BCUT2D eigenvalue weighted by atomic mass is 32.3. The molecule has 8 aromatic rings. The van der Waals surface area contributed by atoms with Crippen molar-refractivity contribution < 1.29 is 90.4 Å². The third kappa shape index (κ3) is 45.8. The van der Waals surface area contributed by atoms with Gasteiger partial charge in [0.25, 0.3) is 0 Å². The van der Waals surface area contributed by atoms with E-state index in [1.807, 2.05) is 167 Å². The number of hydrogen-bond donors (Lipinski definition) is 0. The fraction of sp³-hybridized carbons (Fsp3) is 0.479. The minimum Gasteiger partial charge on any atom is -0.494 e. The number of rotatable bonds is 75. The molecular formula is C117H148O19S8. The van der Waals surface area contributed by atoms with E-state index in [1.165, 1.54) is 108 Å². The second-order valence-corrected chi connectivity index (χ2v) is 44.9. The normalized spacial score (nSPS) is 12.3. The van der Waals surface area contributed by atoms with E-state index < -0.39 is 41.8 Å². The average Bonchev–Trinajstić information content (AvgIpc) is 1.67. The maximum absolute atomic E-state index is 13.7. The van der Waals surface area contributed by atoms with Gasteiger partial charge in [0.1, 0.15) is 52.4 Å². The summed E-state index contributed by atoms with van der Waals surface area (Å²) < 4.78 is 77.8. The predicted molar refractivity (Wildman–Crippen MR) is 599 cm³/mol. The minimum absolute atomic E-state index is 0.00277. The van der Waals surface area contributed by atoms with Crippen LogP contribution in [0, 0.1) is 0 Å². The molecule has 2 heterocycles. The Morgan fingerprint density at radius 3 is 0.736 bits per heavy atom. The first kappa shape index (κ1) is 117. The number of ether oxygens (including phenoxy) is 12. The van der Waals surface area contributed by atoms with Gasteiger partial charge in [-0.1, -0.05) is 302 Å². The smallest absolute Gasteiger partial charge is 0.343 e. The first-order valence-electron chi connectivity index (χ1n) is 52.2. The zero-order chi connectivity index (χ0) is 101. The quantitative estimate of drug-likeness (QED) is 0.0113. The van der Waals surface area contributed by atoms with E-state index in [-0.39, 0.29) is 48.7 Å². The van der Waals surface area contributed by atoms with Gasteiger partial charge in [-0.25, -0.2) is 24.0 Å². The molecule has 0 radical (unpaired) electrons. The van der Waals surface area contributed by atoms with Crippen LogP contribution < -0.4 is 37.9 Å². The summed E-state index contributed by atoms with van der Waals surface area (Å²) in [5, 5.41) is 0. The lowest BCUT2D eigenvalue weighted by atomic mass is 10.1. The Morgan fingerprint density at radius 2 is 0.451 bits per heavy atom. The van der Waals surface area contributed by atoms with Crippen LogP contribution >= 0.6 is 94.1 Å². The molecule has 778 valence electrons. The molecule has 0 bridgehead atoms. The van der Waals surface area contributed by atoms with E-state index in [0.717, 1.165) is 233 Å². The summed E-state index contributed by atoms with van der Waals surface area (Å²) in [7, 11) is 0. The molecule has 0 saturated heterocycles. The van der Waals surface area contributed by atoms with Crippen molar-refractivity contribution in [2.45, 2.75) is 277 Å². The van der Waals surface area contributed by atoms with Crippen molar-refractivity contribution in [3.63, 3.8) is 0 Å². The van der Waals surface area contributed by atoms with Crippen LogP contribution in [0.25, 0.3) is 22.3 Å². The van der Waals surface area contributed by atoms with E-state index in [4.69, 9.17) is 56.8 Å². The molecule has 2 aliphatic heterocycles. The monoisotopic (exact) mass is 2110 g/mol. The molecule has 0 saturated carbocycles. The van der Waals surface area contributed by atoms with E-state index in [2.05, 4.69) is 32.6 Å². The third-order valence-electron chi connectivity index (χ3n) is 24.2. The zero-order valence-corrected chi connectivity index (χ0v) is 91.5. The average molecular weight is 2110 g/mol. The molecular weight excluding hydrogens is 1970 g/mol. The lowest BCUT2D eigenvalue weighted by Crippen LogP contribution is -2.15. The highest BCUT2D eigenvalue weighted by Crippen LogP contribution is 2.65. The Bertz CT molecular complexity index is 4970. The topological polar surface area (TPSA) is 230 Å². The summed E-state index contributed by atoms with van der Waals surface area (Å²) in [6, 6.07) is 56.1. The van der Waals surface area contributed by atoms with Crippen molar-refractivity contribution in [2.75, 3.05) is 84.0 Å². The SMILES string of the molecule is CCCCCCCCOc1ccc(-c2ccc(OC(=O)c3ccc(OCCCCCCCCCCOC(=O)c4cc(OC(=O)c5ccc(OCCCCCCCCCCOC(=O)CC(=O)OCCCCCCSC6=C(SC)SC(=C7SC(SC)=C(SC)S7)S6)cc5)cc(C(=O)OCCCCCCCCCCOc5ccc(C(=O)Oc6ccc(-c7ccc(OCCCCCCCC)cc7)cc6)cc5)c4)cc3)cc2)cc1. The number of thioether (sulfide) groups is 8. The fourth-order valence-electron chi connectivity index (χ4n) is 15.9. The van der Waals surface area contributed by atoms with Gasteiger partial charge in [0.2, 0.25) is 0 Å². The second-order valence-electron chi connectivity index (χ2n) is 35.7. The van der Waals surface area contributed by atoms with Gasteiger partial charge in [0.15, 0.2) is 0 Å². The largest absolute Gasteiger partial charge is 0.494 e. The van der Waals surface area contributed by atoms with Gasteiger partial charge >= 0.3 is 41.8 Å². The fourth-order valence-corrected chi connectivity index (χ4v) is 26.7. The zero-order valence-electron chi connectivity index (χ0n) is 85.0. The van der Waals surface area contributed by atoms with Gasteiger partial charge in [0.05, 0.1) is 113 Å². The Labute approximate surface area is 889 Å². The molecule has 144 heavy (non-hydrogen) atoms. The van der Waals surface area contributed by atoms with Crippen LogP contribution in [-0.2, 0) is 28.5 Å². The molecule has 0 unspecified atom stereocenters. The first-order valence-corrected chi connectivity index (χ1v) is 60.1. The first-order chi connectivity index (χ1) is 70.6. The number of carbonyl (C=O) groups is 7.